The number of rotatable bonds is 9. The average molecular weight is 459 g/mol. The van der Waals surface area contributed by atoms with Gasteiger partial charge in [-0.05, 0) is 41.0 Å². The molecule has 0 bridgehead atoms. The van der Waals surface area contributed by atoms with Crippen molar-refractivity contribution in [2.24, 2.45) is 0 Å². The summed E-state index contributed by atoms with van der Waals surface area (Å²) in [5.74, 6) is 0.370. The molecule has 5 heteroatoms. The molecular formula is C29H34N2O3. The number of benzene rings is 3. The number of hydrogen-bond acceptors (Lipinski definition) is 5. The second kappa shape index (κ2) is 11.8. The Morgan fingerprint density at radius 3 is 2.41 bits per heavy atom. The molecule has 1 aliphatic rings. The van der Waals surface area contributed by atoms with Crippen LogP contribution in [0.2, 0.25) is 0 Å². The van der Waals surface area contributed by atoms with Gasteiger partial charge >= 0.3 is 5.97 Å². The van der Waals surface area contributed by atoms with Crippen molar-refractivity contribution in [1.29, 1.82) is 0 Å². The van der Waals surface area contributed by atoms with E-state index in [1.807, 2.05) is 43.3 Å². The normalized spacial score (nSPS) is 16.1. The van der Waals surface area contributed by atoms with Crippen molar-refractivity contribution in [3.05, 3.63) is 83.9 Å². The van der Waals surface area contributed by atoms with Crippen LogP contribution >= 0.6 is 0 Å². The van der Waals surface area contributed by atoms with E-state index in [1.165, 1.54) is 5.56 Å². The average Bonchev–Trinajstić information content (AvgIpc) is 2.89. The van der Waals surface area contributed by atoms with E-state index < -0.39 is 0 Å². The molecule has 1 saturated heterocycles. The number of carbonyl (C=O) groups is 1. The van der Waals surface area contributed by atoms with Gasteiger partial charge in [0, 0.05) is 39.3 Å². The Morgan fingerprint density at radius 2 is 1.65 bits per heavy atom. The lowest BCUT2D eigenvalue weighted by molar-refractivity contribution is -0.145. The summed E-state index contributed by atoms with van der Waals surface area (Å²) in [6, 6.07) is 22.5. The van der Waals surface area contributed by atoms with E-state index >= 15 is 0 Å². The molecule has 1 aliphatic heterocycles. The highest BCUT2D eigenvalue weighted by Crippen LogP contribution is 2.25. The van der Waals surface area contributed by atoms with Crippen LogP contribution in [0.25, 0.3) is 16.8 Å². The molecular weight excluding hydrogens is 424 g/mol. The lowest BCUT2D eigenvalue weighted by Crippen LogP contribution is -2.47. The molecule has 0 spiro atoms. The van der Waals surface area contributed by atoms with Crippen molar-refractivity contribution >= 4 is 22.8 Å². The number of piperazine rings is 1. The fourth-order valence-corrected chi connectivity index (χ4v) is 4.27. The Morgan fingerprint density at radius 1 is 0.941 bits per heavy atom. The largest absolute Gasteiger partial charge is 0.497 e. The van der Waals surface area contributed by atoms with E-state index in [2.05, 4.69) is 52.3 Å². The van der Waals surface area contributed by atoms with Gasteiger partial charge in [0.05, 0.1) is 13.0 Å². The van der Waals surface area contributed by atoms with Crippen LogP contribution in [0.15, 0.2) is 72.8 Å². The first-order chi connectivity index (χ1) is 16.6. The molecule has 3 aromatic carbocycles. The van der Waals surface area contributed by atoms with E-state index in [9.17, 15) is 4.79 Å². The zero-order chi connectivity index (χ0) is 23.8. The molecule has 4 rings (SSSR count). The van der Waals surface area contributed by atoms with Crippen molar-refractivity contribution < 1.29 is 14.3 Å². The van der Waals surface area contributed by atoms with E-state index in [0.717, 1.165) is 61.4 Å². The van der Waals surface area contributed by atoms with Crippen molar-refractivity contribution in [1.82, 2.24) is 9.80 Å². The summed E-state index contributed by atoms with van der Waals surface area (Å²) < 4.78 is 10.9. The number of fused-ring (bicyclic) bond motifs is 1. The number of nitrogens with zero attached hydrogens (tertiary/aromatic N) is 2. The van der Waals surface area contributed by atoms with Gasteiger partial charge in [0.15, 0.2) is 0 Å². The van der Waals surface area contributed by atoms with Gasteiger partial charge < -0.3 is 9.47 Å². The molecule has 5 nitrogen and oxygen atoms in total. The lowest BCUT2D eigenvalue weighted by atomic mass is 9.98. The predicted octanol–water partition coefficient (Wildman–Crippen LogP) is 4.83. The van der Waals surface area contributed by atoms with Gasteiger partial charge in [-0.25, -0.2) is 0 Å². The molecule has 0 aromatic heterocycles. The zero-order valence-electron chi connectivity index (χ0n) is 20.2. The van der Waals surface area contributed by atoms with E-state index in [4.69, 9.17) is 9.47 Å². The van der Waals surface area contributed by atoms with E-state index in [-0.39, 0.29) is 11.9 Å². The molecule has 0 radical (unpaired) electrons. The molecule has 0 saturated carbocycles. The van der Waals surface area contributed by atoms with Gasteiger partial charge in [0.2, 0.25) is 0 Å². The summed E-state index contributed by atoms with van der Waals surface area (Å²) in [6.45, 7) is 8.16. The minimum Gasteiger partial charge on any atom is -0.497 e. The van der Waals surface area contributed by atoms with Crippen LogP contribution in [0.1, 0.15) is 24.0 Å². The molecule has 1 atom stereocenters. The Balaban J connectivity index is 1.18. The third-order valence-corrected chi connectivity index (χ3v) is 6.52. The van der Waals surface area contributed by atoms with Crippen LogP contribution in [0, 0.1) is 0 Å². The van der Waals surface area contributed by atoms with Crippen LogP contribution in [0.4, 0.5) is 0 Å². The molecule has 1 heterocycles. The smallest absolute Gasteiger partial charge is 0.313 e. The first-order valence-corrected chi connectivity index (χ1v) is 12.0. The van der Waals surface area contributed by atoms with E-state index in [0.29, 0.717) is 6.61 Å². The standard InChI is InChI=1S/C29H34N2O3/c1-23(25-10-11-27-22-28(33-2)13-12-26(27)21-25)29(32)34-20-19-31-17-15-30(16-18-31)14-6-9-24-7-4-3-5-8-24/h3-13,21-23H,14-20H2,1-2H3/b9-6+/t23-/m0/s1. The summed E-state index contributed by atoms with van der Waals surface area (Å²) in [6.07, 6.45) is 4.41. The molecule has 0 amide bonds. The van der Waals surface area contributed by atoms with Crippen molar-refractivity contribution in [3.8, 4) is 5.75 Å². The molecule has 178 valence electrons. The first-order valence-electron chi connectivity index (χ1n) is 12.0. The predicted molar refractivity (Wildman–Crippen MR) is 138 cm³/mol. The third-order valence-electron chi connectivity index (χ3n) is 6.52. The van der Waals surface area contributed by atoms with Crippen molar-refractivity contribution in [3.63, 3.8) is 0 Å². The van der Waals surface area contributed by atoms with Crippen LogP contribution in [-0.2, 0) is 9.53 Å². The van der Waals surface area contributed by atoms with Gasteiger partial charge in [-0.2, -0.15) is 0 Å². The van der Waals surface area contributed by atoms with Crippen LogP contribution in [-0.4, -0.2) is 68.8 Å². The minimum absolute atomic E-state index is 0.169. The van der Waals surface area contributed by atoms with Gasteiger partial charge in [0.25, 0.3) is 0 Å². The fraction of sp³-hybridized carbons (Fsp3) is 0.345. The Kier molecular flexibility index (Phi) is 8.34. The molecule has 3 aromatic rings. The number of hydrogen-bond donors (Lipinski definition) is 0. The second-order valence-electron chi connectivity index (χ2n) is 8.82. The summed E-state index contributed by atoms with van der Waals surface area (Å²) in [5, 5.41) is 2.19. The number of methoxy groups -OCH3 is 1. The highest BCUT2D eigenvalue weighted by atomic mass is 16.5. The second-order valence-corrected chi connectivity index (χ2v) is 8.82. The van der Waals surface area contributed by atoms with Crippen LogP contribution < -0.4 is 4.74 Å². The monoisotopic (exact) mass is 458 g/mol. The summed E-state index contributed by atoms with van der Waals surface area (Å²) in [4.78, 5) is 17.5. The Hall–Kier alpha value is -3.15. The van der Waals surface area contributed by atoms with Crippen molar-refractivity contribution in [2.75, 3.05) is 53.0 Å². The number of carbonyl (C=O) groups excluding carboxylic acids is 1. The fourth-order valence-electron chi connectivity index (χ4n) is 4.27. The molecule has 0 unspecified atom stereocenters. The maximum absolute atomic E-state index is 12.6. The third kappa shape index (κ3) is 6.46. The Labute approximate surface area is 202 Å². The van der Waals surface area contributed by atoms with Gasteiger partial charge in [-0.3, -0.25) is 14.6 Å². The highest BCUT2D eigenvalue weighted by Gasteiger charge is 2.19. The summed E-state index contributed by atoms with van der Waals surface area (Å²) >= 11 is 0. The maximum Gasteiger partial charge on any atom is 0.313 e. The number of esters is 1. The minimum atomic E-state index is -0.292. The summed E-state index contributed by atoms with van der Waals surface area (Å²) in [5.41, 5.74) is 2.21. The first kappa shape index (κ1) is 24.0. The molecule has 0 N–H and O–H groups in total. The van der Waals surface area contributed by atoms with Gasteiger partial charge in [0.1, 0.15) is 12.4 Å². The Bertz CT molecular complexity index is 1100. The quantitative estimate of drug-likeness (QED) is 0.430. The topological polar surface area (TPSA) is 42.0 Å². The maximum atomic E-state index is 12.6. The van der Waals surface area contributed by atoms with E-state index in [1.54, 1.807) is 7.11 Å². The SMILES string of the molecule is COc1ccc2cc([C@H](C)C(=O)OCCN3CCN(C/C=C/c4ccccc4)CC3)ccc2c1. The highest BCUT2D eigenvalue weighted by molar-refractivity contribution is 5.86. The molecule has 34 heavy (non-hydrogen) atoms. The molecule has 1 fully saturated rings. The molecule has 0 aliphatic carbocycles. The zero-order valence-corrected chi connectivity index (χ0v) is 20.2. The summed E-state index contributed by atoms with van der Waals surface area (Å²) in [7, 11) is 1.66. The van der Waals surface area contributed by atoms with Gasteiger partial charge in [-0.1, -0.05) is 66.7 Å². The number of ether oxygens (including phenoxy) is 2. The van der Waals surface area contributed by atoms with Crippen LogP contribution in [0.3, 0.4) is 0 Å². The van der Waals surface area contributed by atoms with Gasteiger partial charge in [-0.15, -0.1) is 0 Å². The van der Waals surface area contributed by atoms with Crippen LogP contribution in [0.5, 0.6) is 5.75 Å². The lowest BCUT2D eigenvalue weighted by Gasteiger charge is -2.34. The van der Waals surface area contributed by atoms with Crippen molar-refractivity contribution in [2.45, 2.75) is 12.8 Å².